The van der Waals surface area contributed by atoms with Gasteiger partial charge in [0.25, 0.3) is 0 Å². The highest BCUT2D eigenvalue weighted by Gasteiger charge is 2.25. The molecule has 1 atom stereocenters. The van der Waals surface area contributed by atoms with Gasteiger partial charge in [0.2, 0.25) is 11.8 Å². The first-order valence-corrected chi connectivity index (χ1v) is 11.6. The Morgan fingerprint density at radius 3 is 2.27 bits per heavy atom. The van der Waals surface area contributed by atoms with E-state index < -0.39 is 6.04 Å². The van der Waals surface area contributed by atoms with Crippen LogP contribution >= 0.6 is 23.4 Å². The normalized spacial score (nSPS) is 11.9. The van der Waals surface area contributed by atoms with E-state index in [1.807, 2.05) is 69.3 Å². The van der Waals surface area contributed by atoms with Gasteiger partial charge >= 0.3 is 0 Å². The quantitative estimate of drug-likeness (QED) is 0.502. The molecule has 0 bridgehead atoms. The Balaban J connectivity index is 2.04. The molecule has 0 aliphatic carbocycles. The monoisotopic (exact) mass is 446 g/mol. The van der Waals surface area contributed by atoms with Gasteiger partial charge in [0.15, 0.2) is 0 Å². The molecule has 2 aromatic carbocycles. The Hall–Kier alpha value is -1.98. The molecule has 0 radical (unpaired) electrons. The van der Waals surface area contributed by atoms with Crippen LogP contribution in [0.1, 0.15) is 38.3 Å². The predicted molar refractivity (Wildman–Crippen MR) is 126 cm³/mol. The van der Waals surface area contributed by atoms with Crippen LogP contribution in [0.3, 0.4) is 0 Å². The molecule has 162 valence electrons. The molecular formula is C24H31ClN2O2S. The van der Waals surface area contributed by atoms with Crippen LogP contribution in [0.15, 0.2) is 53.4 Å². The van der Waals surface area contributed by atoms with Crippen LogP contribution < -0.4 is 5.32 Å². The van der Waals surface area contributed by atoms with Gasteiger partial charge in [0.05, 0.1) is 0 Å². The van der Waals surface area contributed by atoms with E-state index in [2.05, 4.69) is 5.32 Å². The minimum Gasteiger partial charge on any atom is -0.354 e. The number of nitrogens with one attached hydrogen (secondary N) is 1. The van der Waals surface area contributed by atoms with Crippen LogP contribution in [0.25, 0.3) is 0 Å². The number of hydrogen-bond donors (Lipinski definition) is 1. The first-order chi connectivity index (χ1) is 14.3. The molecular weight excluding hydrogens is 416 g/mol. The molecule has 30 heavy (non-hydrogen) atoms. The summed E-state index contributed by atoms with van der Waals surface area (Å²) in [5.74, 6) is 0.863. The topological polar surface area (TPSA) is 49.4 Å². The number of thioether (sulfide) groups is 1. The van der Waals surface area contributed by atoms with E-state index in [-0.39, 0.29) is 11.8 Å². The van der Waals surface area contributed by atoms with Crippen LogP contribution in [0, 0.1) is 12.8 Å². The van der Waals surface area contributed by atoms with Crippen molar-refractivity contribution in [3.05, 3.63) is 64.7 Å². The van der Waals surface area contributed by atoms with Crippen molar-refractivity contribution in [2.75, 3.05) is 12.3 Å². The van der Waals surface area contributed by atoms with Crippen LogP contribution in [-0.4, -0.2) is 35.1 Å². The summed E-state index contributed by atoms with van der Waals surface area (Å²) in [6.45, 7) is 8.95. The second-order valence-electron chi connectivity index (χ2n) is 7.87. The largest absolute Gasteiger partial charge is 0.354 e. The summed E-state index contributed by atoms with van der Waals surface area (Å²) in [5, 5.41) is 3.64. The van der Waals surface area contributed by atoms with Crippen LogP contribution in [0.4, 0.5) is 0 Å². The Labute approximate surface area is 189 Å². The van der Waals surface area contributed by atoms with Gasteiger partial charge < -0.3 is 10.2 Å². The average Bonchev–Trinajstić information content (AvgIpc) is 2.72. The molecule has 4 nitrogen and oxygen atoms in total. The Kier molecular flexibility index (Phi) is 9.73. The van der Waals surface area contributed by atoms with Gasteiger partial charge in [0.1, 0.15) is 6.04 Å². The van der Waals surface area contributed by atoms with Crippen molar-refractivity contribution in [3.8, 4) is 0 Å². The summed E-state index contributed by atoms with van der Waals surface area (Å²) in [6.07, 6.45) is 0.362. The first-order valence-electron chi connectivity index (χ1n) is 10.3. The van der Waals surface area contributed by atoms with E-state index in [1.165, 1.54) is 5.56 Å². The molecule has 0 unspecified atom stereocenters. The maximum Gasteiger partial charge on any atom is 0.242 e. The predicted octanol–water partition coefficient (Wildman–Crippen LogP) is 5.32. The molecule has 0 spiro atoms. The Morgan fingerprint density at radius 1 is 1.03 bits per heavy atom. The van der Waals surface area contributed by atoms with E-state index in [9.17, 15) is 9.59 Å². The SMILES string of the molecule is Cc1ccc(CN(C(=O)CCSc2ccc(Cl)cc2)[C@H](C)C(=O)NCC(C)C)cc1. The highest BCUT2D eigenvalue weighted by Crippen LogP contribution is 2.22. The number of nitrogens with zero attached hydrogens (tertiary/aromatic N) is 1. The number of aryl methyl sites for hydroxylation is 1. The average molecular weight is 447 g/mol. The van der Waals surface area contributed by atoms with E-state index in [0.717, 1.165) is 10.5 Å². The smallest absolute Gasteiger partial charge is 0.242 e. The lowest BCUT2D eigenvalue weighted by Gasteiger charge is -2.29. The van der Waals surface area contributed by atoms with Gasteiger partial charge in [-0.3, -0.25) is 9.59 Å². The number of benzene rings is 2. The lowest BCUT2D eigenvalue weighted by Crippen LogP contribution is -2.48. The second-order valence-corrected chi connectivity index (χ2v) is 9.48. The maximum absolute atomic E-state index is 13.1. The number of carbonyl (C=O) groups is 2. The lowest BCUT2D eigenvalue weighted by atomic mass is 10.1. The first kappa shape index (κ1) is 24.3. The van der Waals surface area contributed by atoms with Crippen molar-refractivity contribution in [1.82, 2.24) is 10.2 Å². The fourth-order valence-corrected chi connectivity index (χ4v) is 3.82. The van der Waals surface area contributed by atoms with E-state index >= 15 is 0 Å². The number of amides is 2. The van der Waals surface area contributed by atoms with Crippen molar-refractivity contribution in [1.29, 1.82) is 0 Å². The number of hydrogen-bond acceptors (Lipinski definition) is 3. The molecule has 0 aliphatic rings. The van der Waals surface area contributed by atoms with Gasteiger partial charge in [-0.2, -0.15) is 0 Å². The van der Waals surface area contributed by atoms with Crippen molar-refractivity contribution in [2.24, 2.45) is 5.92 Å². The second kappa shape index (κ2) is 12.0. The fraction of sp³-hybridized carbons (Fsp3) is 0.417. The molecule has 0 aliphatic heterocycles. The van der Waals surface area contributed by atoms with Crippen LogP contribution in [-0.2, 0) is 16.1 Å². The van der Waals surface area contributed by atoms with Crippen molar-refractivity contribution >= 4 is 35.2 Å². The third kappa shape index (κ3) is 8.04. The highest BCUT2D eigenvalue weighted by atomic mass is 35.5. The van der Waals surface area contributed by atoms with Gasteiger partial charge in [-0.1, -0.05) is 55.3 Å². The standard InChI is InChI=1S/C24H31ClN2O2S/c1-17(2)15-26-24(29)19(4)27(16-20-7-5-18(3)6-8-20)23(28)13-14-30-22-11-9-21(25)10-12-22/h5-12,17,19H,13-16H2,1-4H3,(H,26,29)/t19-/m1/s1. The minimum absolute atomic E-state index is 0.0239. The van der Waals surface area contributed by atoms with Gasteiger partial charge in [-0.25, -0.2) is 0 Å². The highest BCUT2D eigenvalue weighted by molar-refractivity contribution is 7.99. The summed E-state index contributed by atoms with van der Waals surface area (Å²) in [6, 6.07) is 15.1. The molecule has 0 saturated carbocycles. The van der Waals surface area contributed by atoms with Crippen molar-refractivity contribution in [2.45, 2.75) is 51.6 Å². The minimum atomic E-state index is -0.530. The van der Waals surface area contributed by atoms with Crippen molar-refractivity contribution < 1.29 is 9.59 Å². The summed E-state index contributed by atoms with van der Waals surface area (Å²) in [4.78, 5) is 28.4. The molecule has 2 rings (SSSR count). The molecule has 0 saturated heterocycles. The van der Waals surface area contributed by atoms with E-state index in [1.54, 1.807) is 23.6 Å². The molecule has 0 fully saturated rings. The lowest BCUT2D eigenvalue weighted by molar-refractivity contribution is -0.140. The molecule has 6 heteroatoms. The fourth-order valence-electron chi connectivity index (χ4n) is 2.86. The van der Waals surface area contributed by atoms with Crippen LogP contribution in [0.5, 0.6) is 0 Å². The van der Waals surface area contributed by atoms with Gasteiger partial charge in [-0.15, -0.1) is 11.8 Å². The van der Waals surface area contributed by atoms with Gasteiger partial charge in [0, 0.05) is 35.2 Å². The van der Waals surface area contributed by atoms with Crippen molar-refractivity contribution in [3.63, 3.8) is 0 Å². The molecule has 1 N–H and O–H groups in total. The van der Waals surface area contributed by atoms with E-state index in [4.69, 9.17) is 11.6 Å². The molecule has 0 aromatic heterocycles. The summed E-state index contributed by atoms with van der Waals surface area (Å²) in [5.41, 5.74) is 2.18. The summed E-state index contributed by atoms with van der Waals surface area (Å²) >= 11 is 7.54. The zero-order valence-corrected chi connectivity index (χ0v) is 19.7. The zero-order chi connectivity index (χ0) is 22.1. The Bertz CT molecular complexity index is 822. The van der Waals surface area contributed by atoms with E-state index in [0.29, 0.717) is 36.2 Å². The van der Waals surface area contributed by atoms with Gasteiger partial charge in [-0.05, 0) is 49.6 Å². The van der Waals surface area contributed by atoms with Crippen LogP contribution in [0.2, 0.25) is 5.02 Å². The Morgan fingerprint density at radius 2 is 1.67 bits per heavy atom. The number of rotatable bonds is 10. The summed E-state index contributed by atoms with van der Waals surface area (Å²) < 4.78 is 0. The third-order valence-corrected chi connectivity index (χ3v) is 5.99. The molecule has 0 heterocycles. The maximum atomic E-state index is 13.1. The number of carbonyl (C=O) groups excluding carboxylic acids is 2. The zero-order valence-electron chi connectivity index (χ0n) is 18.2. The molecule has 2 aromatic rings. The molecule has 2 amide bonds. The third-order valence-electron chi connectivity index (χ3n) is 4.72. The number of halogens is 1. The summed E-state index contributed by atoms with van der Waals surface area (Å²) in [7, 11) is 0.